The van der Waals surface area contributed by atoms with Gasteiger partial charge in [0.05, 0.1) is 26.4 Å². The molecule has 17 nitrogen and oxygen atoms in total. The Bertz CT molecular complexity index is 1680. The van der Waals surface area contributed by atoms with E-state index < -0.39 is 97.5 Å². The quantitative estimate of drug-likeness (QED) is 0.0222. The lowest BCUT2D eigenvalue weighted by Gasteiger charge is -2.21. The minimum absolute atomic E-state index is 0.100. The number of hydrogen-bond acceptors (Lipinski definition) is 15. The van der Waals surface area contributed by atoms with Gasteiger partial charge in [0.25, 0.3) is 0 Å². The molecule has 0 aliphatic rings. The first-order chi connectivity index (χ1) is 40.2. The van der Waals surface area contributed by atoms with Crippen LogP contribution in [0.25, 0.3) is 0 Å². The molecule has 3 N–H and O–H groups in total. The second-order valence-corrected chi connectivity index (χ2v) is 27.8. The van der Waals surface area contributed by atoms with Crippen LogP contribution in [0.2, 0.25) is 0 Å². The van der Waals surface area contributed by atoms with E-state index in [1.807, 2.05) is 0 Å². The summed E-state index contributed by atoms with van der Waals surface area (Å²) in [5, 5.41) is 10.5. The summed E-state index contributed by atoms with van der Waals surface area (Å²) < 4.78 is 68.0. The van der Waals surface area contributed by atoms with Crippen molar-refractivity contribution in [1.29, 1.82) is 0 Å². The molecule has 7 atom stereocenters. The Morgan fingerprint density at radius 3 is 0.845 bits per heavy atom. The zero-order chi connectivity index (χ0) is 62.5. The number of esters is 4. The number of aliphatic hydroxyl groups is 1. The van der Waals surface area contributed by atoms with Crippen molar-refractivity contribution >= 4 is 39.5 Å². The van der Waals surface area contributed by atoms with Gasteiger partial charge in [0, 0.05) is 25.7 Å². The van der Waals surface area contributed by atoms with Crippen molar-refractivity contribution in [2.75, 3.05) is 39.6 Å². The Morgan fingerprint density at radius 2 is 0.571 bits per heavy atom. The first-order valence-corrected chi connectivity index (χ1v) is 36.8. The molecule has 4 unspecified atom stereocenters. The molecule has 0 fully saturated rings. The molecule has 0 saturated heterocycles. The summed E-state index contributed by atoms with van der Waals surface area (Å²) in [6, 6.07) is 0. The van der Waals surface area contributed by atoms with Gasteiger partial charge in [-0.2, -0.15) is 0 Å². The lowest BCUT2D eigenvalue weighted by Crippen LogP contribution is -2.30. The summed E-state index contributed by atoms with van der Waals surface area (Å²) in [6.07, 6.45) is 35.0. The van der Waals surface area contributed by atoms with Crippen LogP contribution < -0.4 is 0 Å². The van der Waals surface area contributed by atoms with Crippen LogP contribution in [0.15, 0.2) is 0 Å². The highest BCUT2D eigenvalue weighted by Crippen LogP contribution is 2.45. The van der Waals surface area contributed by atoms with E-state index in [1.165, 1.54) is 109 Å². The van der Waals surface area contributed by atoms with Crippen LogP contribution in [0.1, 0.15) is 312 Å². The third-order valence-electron chi connectivity index (χ3n) is 15.5. The smallest absolute Gasteiger partial charge is 0.462 e. The molecule has 498 valence electrons. The molecule has 0 aromatic rings. The van der Waals surface area contributed by atoms with Crippen LogP contribution in [0.5, 0.6) is 0 Å². The number of aliphatic hydroxyl groups excluding tert-OH is 1. The second kappa shape index (κ2) is 55.2. The largest absolute Gasteiger partial charge is 0.472 e. The zero-order valence-electron chi connectivity index (χ0n) is 54.5. The summed E-state index contributed by atoms with van der Waals surface area (Å²) in [5.74, 6) is 0.785. The number of unbranched alkanes of at least 4 members (excludes halogenated alkanes) is 26. The average Bonchev–Trinajstić information content (AvgIpc) is 3.48. The van der Waals surface area contributed by atoms with Crippen molar-refractivity contribution in [2.24, 2.45) is 23.7 Å². The highest BCUT2D eigenvalue weighted by atomic mass is 31.2. The lowest BCUT2D eigenvalue weighted by molar-refractivity contribution is -0.161. The van der Waals surface area contributed by atoms with Crippen molar-refractivity contribution in [3.63, 3.8) is 0 Å². The number of carbonyl (C=O) groups is 4. The van der Waals surface area contributed by atoms with Gasteiger partial charge in [-0.1, -0.05) is 261 Å². The fourth-order valence-electron chi connectivity index (χ4n) is 9.54. The van der Waals surface area contributed by atoms with Gasteiger partial charge in [-0.3, -0.25) is 37.3 Å². The molecule has 0 saturated carbocycles. The van der Waals surface area contributed by atoms with Crippen molar-refractivity contribution < 1.29 is 80.2 Å². The molecule has 0 amide bonds. The fraction of sp³-hybridized carbons (Fsp3) is 0.938. The number of phosphoric ester groups is 2. The normalized spacial score (nSPS) is 15.1. The molecule has 19 heteroatoms. The Morgan fingerprint density at radius 1 is 0.333 bits per heavy atom. The zero-order valence-corrected chi connectivity index (χ0v) is 56.3. The standard InChI is InChI=1S/C65H126O17P2/c1-9-57(7)43-35-27-17-13-11-12-14-19-29-37-45-62(67)75-51-60(81-64(69)47-39-31-20-16-15-18-28-36-44-58(8)10-2)53-79-83(71,72)77-49-59(66)50-78-84(73,74)80-54-61(82-65(70)48-40-32-24-22-26-34-42-56(5)6)52-76-63(68)46-38-30-23-21-25-33-41-55(3)4/h55-61,66H,9-54H2,1-8H3,(H,71,72)(H,73,74)/t57?,58?,59-,60-,61-/m1/s1. The van der Waals surface area contributed by atoms with Gasteiger partial charge in [-0.05, 0) is 49.4 Å². The maximum atomic E-state index is 13.0. The summed E-state index contributed by atoms with van der Waals surface area (Å²) in [7, 11) is -9.89. The first-order valence-electron chi connectivity index (χ1n) is 33.8. The summed E-state index contributed by atoms with van der Waals surface area (Å²) in [5.41, 5.74) is 0. The molecule has 0 rings (SSSR count). The van der Waals surface area contributed by atoms with E-state index in [1.54, 1.807) is 0 Å². The number of carbonyl (C=O) groups excluding carboxylic acids is 4. The van der Waals surface area contributed by atoms with E-state index in [-0.39, 0.29) is 25.7 Å². The highest BCUT2D eigenvalue weighted by Gasteiger charge is 2.30. The van der Waals surface area contributed by atoms with Crippen molar-refractivity contribution in [2.45, 2.75) is 331 Å². The maximum absolute atomic E-state index is 13.0. The Kier molecular flexibility index (Phi) is 53.9. The molecule has 0 radical (unpaired) electrons. The van der Waals surface area contributed by atoms with Gasteiger partial charge in [-0.15, -0.1) is 0 Å². The van der Waals surface area contributed by atoms with Gasteiger partial charge >= 0.3 is 39.5 Å². The topological polar surface area (TPSA) is 237 Å². The Balaban J connectivity index is 5.24. The summed E-state index contributed by atoms with van der Waals surface area (Å²) in [4.78, 5) is 72.2. The van der Waals surface area contributed by atoms with E-state index in [2.05, 4.69) is 55.4 Å². The van der Waals surface area contributed by atoms with Crippen LogP contribution in [-0.2, 0) is 65.4 Å². The van der Waals surface area contributed by atoms with E-state index in [0.29, 0.717) is 37.5 Å². The van der Waals surface area contributed by atoms with Crippen LogP contribution in [0, 0.1) is 23.7 Å². The molecular formula is C65H126O17P2. The molecule has 84 heavy (non-hydrogen) atoms. The van der Waals surface area contributed by atoms with Gasteiger partial charge in [0.15, 0.2) is 12.2 Å². The van der Waals surface area contributed by atoms with Crippen LogP contribution in [-0.4, -0.2) is 96.7 Å². The average molecular weight is 1240 g/mol. The Hall–Kier alpha value is -1.94. The van der Waals surface area contributed by atoms with Crippen molar-refractivity contribution in [3.8, 4) is 0 Å². The van der Waals surface area contributed by atoms with Gasteiger partial charge in [0.1, 0.15) is 19.3 Å². The van der Waals surface area contributed by atoms with Crippen LogP contribution in [0.4, 0.5) is 0 Å². The molecule has 0 aliphatic carbocycles. The molecule has 0 heterocycles. The van der Waals surface area contributed by atoms with E-state index in [0.717, 1.165) is 108 Å². The molecule has 0 spiro atoms. The van der Waals surface area contributed by atoms with Gasteiger partial charge in [0.2, 0.25) is 0 Å². The van der Waals surface area contributed by atoms with E-state index in [4.69, 9.17) is 37.0 Å². The SMILES string of the molecule is CCC(C)CCCCCCCCCCCCC(=O)OC[C@H](COP(=O)(O)OC[C@@H](O)COP(=O)(O)OC[C@@H](COC(=O)CCCCCCCCC(C)C)OC(=O)CCCCCCCCC(C)C)OC(=O)CCCCCCCCCCC(C)CC. The molecular weight excluding hydrogens is 1110 g/mol. The number of ether oxygens (including phenoxy) is 4. The number of rotatable bonds is 62. The van der Waals surface area contributed by atoms with Crippen molar-refractivity contribution in [1.82, 2.24) is 0 Å². The van der Waals surface area contributed by atoms with Crippen molar-refractivity contribution in [3.05, 3.63) is 0 Å². The van der Waals surface area contributed by atoms with Crippen LogP contribution >= 0.6 is 15.6 Å². The van der Waals surface area contributed by atoms with Gasteiger partial charge in [-0.25, -0.2) is 9.13 Å². The molecule has 0 aliphatic heterocycles. The molecule has 0 aromatic heterocycles. The summed E-state index contributed by atoms with van der Waals surface area (Å²) in [6.45, 7) is 13.9. The monoisotopic (exact) mass is 1240 g/mol. The van der Waals surface area contributed by atoms with E-state index in [9.17, 15) is 43.2 Å². The fourth-order valence-corrected chi connectivity index (χ4v) is 11.1. The third kappa shape index (κ3) is 56.6. The minimum atomic E-state index is -4.95. The van der Waals surface area contributed by atoms with Crippen LogP contribution in [0.3, 0.4) is 0 Å². The lowest BCUT2D eigenvalue weighted by atomic mass is 9.99. The molecule has 0 bridgehead atoms. The van der Waals surface area contributed by atoms with E-state index >= 15 is 0 Å². The number of phosphoric acid groups is 2. The predicted molar refractivity (Wildman–Crippen MR) is 335 cm³/mol. The number of hydrogen-bond donors (Lipinski definition) is 3. The highest BCUT2D eigenvalue weighted by molar-refractivity contribution is 7.47. The van der Waals surface area contributed by atoms with Gasteiger partial charge < -0.3 is 33.8 Å². The minimum Gasteiger partial charge on any atom is -0.462 e. The first kappa shape index (κ1) is 82.1. The Labute approximate surface area is 511 Å². The molecule has 0 aromatic carbocycles. The second-order valence-electron chi connectivity index (χ2n) is 24.9. The summed E-state index contributed by atoms with van der Waals surface area (Å²) >= 11 is 0. The third-order valence-corrected chi connectivity index (χ3v) is 17.4. The predicted octanol–water partition coefficient (Wildman–Crippen LogP) is 17.8. The maximum Gasteiger partial charge on any atom is 0.472 e.